The van der Waals surface area contributed by atoms with E-state index in [2.05, 4.69) is 25.9 Å². The quantitative estimate of drug-likeness (QED) is 0.806. The molecule has 1 saturated heterocycles. The SMILES string of the molecule is c1cnc2[nH]c(-c3ccncc3)c(CN3CCOCC3)c2c1. The van der Waals surface area contributed by atoms with Gasteiger partial charge >= 0.3 is 0 Å². The van der Waals surface area contributed by atoms with Gasteiger partial charge in [-0.25, -0.2) is 4.98 Å². The number of ether oxygens (including phenoxy) is 1. The summed E-state index contributed by atoms with van der Waals surface area (Å²) in [5.41, 5.74) is 4.53. The number of hydrogen-bond acceptors (Lipinski definition) is 4. The zero-order valence-electron chi connectivity index (χ0n) is 12.3. The summed E-state index contributed by atoms with van der Waals surface area (Å²) in [5, 5.41) is 1.20. The highest BCUT2D eigenvalue weighted by molar-refractivity contribution is 5.88. The second-order valence-corrected chi connectivity index (χ2v) is 5.50. The number of aromatic nitrogens is 3. The van der Waals surface area contributed by atoms with Crippen LogP contribution in [0.5, 0.6) is 0 Å². The topological polar surface area (TPSA) is 54.0 Å². The third kappa shape index (κ3) is 2.49. The van der Waals surface area contributed by atoms with Crippen molar-refractivity contribution in [3.8, 4) is 11.3 Å². The standard InChI is InChI=1S/C17H18N4O/c1-2-14-15(12-21-8-10-22-11-9-21)16(20-17(14)19-5-1)13-3-6-18-7-4-13/h1-7H,8-12H2,(H,19,20). The maximum atomic E-state index is 5.45. The molecule has 3 aromatic heterocycles. The summed E-state index contributed by atoms with van der Waals surface area (Å²) in [6.07, 6.45) is 5.48. The smallest absolute Gasteiger partial charge is 0.138 e. The Labute approximate surface area is 129 Å². The third-order valence-electron chi connectivity index (χ3n) is 4.13. The largest absolute Gasteiger partial charge is 0.379 e. The van der Waals surface area contributed by atoms with Gasteiger partial charge < -0.3 is 9.72 Å². The molecular formula is C17H18N4O. The average molecular weight is 294 g/mol. The molecule has 5 heteroatoms. The normalized spacial score (nSPS) is 16.2. The first kappa shape index (κ1) is 13.4. The molecule has 3 aromatic rings. The Morgan fingerprint density at radius 2 is 1.91 bits per heavy atom. The van der Waals surface area contributed by atoms with Gasteiger partial charge in [0, 0.05) is 54.7 Å². The molecule has 0 spiro atoms. The average Bonchev–Trinajstić information content (AvgIpc) is 2.95. The van der Waals surface area contributed by atoms with Crippen LogP contribution in [-0.2, 0) is 11.3 Å². The van der Waals surface area contributed by atoms with Crippen LogP contribution in [0.15, 0.2) is 42.9 Å². The Kier molecular flexibility index (Phi) is 3.58. The van der Waals surface area contributed by atoms with E-state index in [4.69, 9.17) is 4.74 Å². The zero-order chi connectivity index (χ0) is 14.8. The summed E-state index contributed by atoms with van der Waals surface area (Å²) in [5.74, 6) is 0. The Morgan fingerprint density at radius 1 is 1.09 bits per heavy atom. The fraction of sp³-hybridized carbons (Fsp3) is 0.294. The molecular weight excluding hydrogens is 276 g/mol. The molecule has 4 heterocycles. The third-order valence-corrected chi connectivity index (χ3v) is 4.13. The van der Waals surface area contributed by atoms with Gasteiger partial charge in [-0.05, 0) is 24.3 Å². The van der Waals surface area contributed by atoms with Gasteiger partial charge in [-0.15, -0.1) is 0 Å². The van der Waals surface area contributed by atoms with Gasteiger partial charge in [0.25, 0.3) is 0 Å². The van der Waals surface area contributed by atoms with E-state index in [1.807, 2.05) is 36.8 Å². The van der Waals surface area contributed by atoms with Crippen LogP contribution in [0.4, 0.5) is 0 Å². The number of nitrogens with zero attached hydrogens (tertiary/aromatic N) is 3. The minimum atomic E-state index is 0.811. The summed E-state index contributed by atoms with van der Waals surface area (Å²) in [4.78, 5) is 14.5. The predicted molar refractivity (Wildman–Crippen MR) is 85.4 cm³/mol. The fourth-order valence-corrected chi connectivity index (χ4v) is 2.99. The Hall–Kier alpha value is -2.24. The lowest BCUT2D eigenvalue weighted by molar-refractivity contribution is 0.0344. The second-order valence-electron chi connectivity index (χ2n) is 5.50. The highest BCUT2D eigenvalue weighted by Gasteiger charge is 2.18. The zero-order valence-corrected chi connectivity index (χ0v) is 12.3. The molecule has 22 heavy (non-hydrogen) atoms. The highest BCUT2D eigenvalue weighted by Crippen LogP contribution is 2.30. The van der Waals surface area contributed by atoms with Crippen LogP contribution in [0.1, 0.15) is 5.56 Å². The molecule has 4 rings (SSSR count). The summed E-state index contributed by atoms with van der Waals surface area (Å²) in [7, 11) is 0. The molecule has 0 saturated carbocycles. The lowest BCUT2D eigenvalue weighted by atomic mass is 10.1. The number of rotatable bonds is 3. The molecule has 1 fully saturated rings. The van der Waals surface area contributed by atoms with Crippen LogP contribution in [-0.4, -0.2) is 46.2 Å². The first-order valence-corrected chi connectivity index (χ1v) is 7.58. The van der Waals surface area contributed by atoms with E-state index in [1.54, 1.807) is 0 Å². The van der Waals surface area contributed by atoms with Crippen LogP contribution in [0.3, 0.4) is 0 Å². The number of H-pyrrole nitrogens is 1. The Balaban J connectivity index is 1.79. The summed E-state index contributed by atoms with van der Waals surface area (Å²) < 4.78 is 5.45. The molecule has 0 aromatic carbocycles. The van der Waals surface area contributed by atoms with Crippen molar-refractivity contribution in [1.29, 1.82) is 0 Å². The molecule has 1 aliphatic heterocycles. The van der Waals surface area contributed by atoms with E-state index >= 15 is 0 Å². The van der Waals surface area contributed by atoms with Crippen molar-refractivity contribution in [3.05, 3.63) is 48.4 Å². The minimum Gasteiger partial charge on any atom is -0.379 e. The number of aromatic amines is 1. The van der Waals surface area contributed by atoms with Crippen molar-refractivity contribution in [2.75, 3.05) is 26.3 Å². The van der Waals surface area contributed by atoms with E-state index in [1.165, 1.54) is 10.9 Å². The fourth-order valence-electron chi connectivity index (χ4n) is 2.99. The monoisotopic (exact) mass is 294 g/mol. The molecule has 0 radical (unpaired) electrons. The van der Waals surface area contributed by atoms with E-state index < -0.39 is 0 Å². The van der Waals surface area contributed by atoms with Crippen LogP contribution in [0, 0.1) is 0 Å². The van der Waals surface area contributed by atoms with Gasteiger partial charge in [0.1, 0.15) is 5.65 Å². The highest BCUT2D eigenvalue weighted by atomic mass is 16.5. The van der Waals surface area contributed by atoms with Crippen molar-refractivity contribution in [1.82, 2.24) is 19.9 Å². The maximum Gasteiger partial charge on any atom is 0.138 e. The molecule has 0 aliphatic carbocycles. The second kappa shape index (κ2) is 5.87. The number of fused-ring (bicyclic) bond motifs is 1. The van der Waals surface area contributed by atoms with Crippen molar-refractivity contribution < 1.29 is 4.74 Å². The lowest BCUT2D eigenvalue weighted by Gasteiger charge is -2.26. The van der Waals surface area contributed by atoms with E-state index in [9.17, 15) is 0 Å². The summed E-state index contributed by atoms with van der Waals surface area (Å²) in [6.45, 7) is 4.48. The molecule has 112 valence electrons. The van der Waals surface area contributed by atoms with E-state index in [0.29, 0.717) is 0 Å². The van der Waals surface area contributed by atoms with Crippen LogP contribution < -0.4 is 0 Å². The Morgan fingerprint density at radius 3 is 2.73 bits per heavy atom. The van der Waals surface area contributed by atoms with E-state index in [-0.39, 0.29) is 0 Å². The number of nitrogens with one attached hydrogen (secondary N) is 1. The Bertz CT molecular complexity index is 763. The minimum absolute atomic E-state index is 0.811. The maximum absolute atomic E-state index is 5.45. The lowest BCUT2D eigenvalue weighted by Crippen LogP contribution is -2.35. The first-order valence-electron chi connectivity index (χ1n) is 7.58. The van der Waals surface area contributed by atoms with Crippen LogP contribution in [0.25, 0.3) is 22.3 Å². The van der Waals surface area contributed by atoms with Crippen molar-refractivity contribution >= 4 is 11.0 Å². The van der Waals surface area contributed by atoms with Gasteiger partial charge in [0.2, 0.25) is 0 Å². The first-order chi connectivity index (χ1) is 10.9. The van der Waals surface area contributed by atoms with Gasteiger partial charge in [-0.1, -0.05) is 0 Å². The molecule has 0 amide bonds. The van der Waals surface area contributed by atoms with Gasteiger partial charge in [-0.3, -0.25) is 9.88 Å². The van der Waals surface area contributed by atoms with Gasteiger partial charge in [-0.2, -0.15) is 0 Å². The summed E-state index contributed by atoms with van der Waals surface area (Å²) in [6, 6.07) is 8.20. The number of hydrogen-bond donors (Lipinski definition) is 1. The molecule has 0 unspecified atom stereocenters. The molecule has 5 nitrogen and oxygen atoms in total. The van der Waals surface area contributed by atoms with Gasteiger partial charge in [0.05, 0.1) is 18.9 Å². The van der Waals surface area contributed by atoms with Gasteiger partial charge in [0.15, 0.2) is 0 Å². The van der Waals surface area contributed by atoms with E-state index in [0.717, 1.165) is 49.8 Å². The van der Waals surface area contributed by atoms with Crippen LogP contribution >= 0.6 is 0 Å². The van der Waals surface area contributed by atoms with Crippen molar-refractivity contribution in [2.24, 2.45) is 0 Å². The molecule has 1 N–H and O–H groups in total. The van der Waals surface area contributed by atoms with Crippen molar-refractivity contribution in [3.63, 3.8) is 0 Å². The molecule has 0 bridgehead atoms. The predicted octanol–water partition coefficient (Wildman–Crippen LogP) is 2.46. The molecule has 0 atom stereocenters. The number of morpholine rings is 1. The van der Waals surface area contributed by atoms with Crippen LogP contribution in [0.2, 0.25) is 0 Å². The molecule has 1 aliphatic rings. The van der Waals surface area contributed by atoms with Crippen molar-refractivity contribution in [2.45, 2.75) is 6.54 Å². The number of pyridine rings is 2. The summed E-state index contributed by atoms with van der Waals surface area (Å²) >= 11 is 0.